The molecule has 1 fully saturated rings. The van der Waals surface area contributed by atoms with Gasteiger partial charge in [-0.3, -0.25) is 0 Å². The Labute approximate surface area is 303 Å². The van der Waals surface area contributed by atoms with Gasteiger partial charge in [0.1, 0.15) is 5.82 Å². The summed E-state index contributed by atoms with van der Waals surface area (Å²) in [6, 6.07) is 25.7. The minimum absolute atomic E-state index is 0.0884. The molecule has 1 saturated carbocycles. The number of fused-ring (bicyclic) bond motifs is 7. The lowest BCUT2D eigenvalue weighted by Crippen LogP contribution is -2.30. The molecule has 2 atom stereocenters. The van der Waals surface area contributed by atoms with Crippen LogP contribution in [0.25, 0.3) is 39.2 Å². The summed E-state index contributed by atoms with van der Waals surface area (Å²) in [5, 5.41) is 0. The van der Waals surface area contributed by atoms with Crippen LogP contribution in [0.15, 0.2) is 109 Å². The smallest absolute Gasteiger partial charge is 0.163 e. The summed E-state index contributed by atoms with van der Waals surface area (Å²) < 4.78 is 0. The van der Waals surface area contributed by atoms with Gasteiger partial charge in [0.05, 0.1) is 0 Å². The fraction of sp³-hybridized carbons (Fsp3) is 0.354. The Kier molecular flexibility index (Phi) is 7.31. The highest BCUT2D eigenvalue weighted by Crippen LogP contribution is 2.63. The van der Waals surface area contributed by atoms with E-state index in [2.05, 4.69) is 117 Å². The molecular weight excluding hydrogens is 619 g/mol. The Balaban J connectivity index is 1.01. The van der Waals surface area contributed by atoms with Crippen molar-refractivity contribution in [2.24, 2.45) is 5.92 Å². The number of rotatable bonds is 4. The fourth-order valence-corrected chi connectivity index (χ4v) is 10.5. The van der Waals surface area contributed by atoms with Crippen LogP contribution in [0.5, 0.6) is 0 Å². The zero-order chi connectivity index (χ0) is 34.2. The molecule has 1 heterocycles. The summed E-state index contributed by atoms with van der Waals surface area (Å²) >= 11 is 0. The first-order valence-electron chi connectivity index (χ1n) is 19.6. The molecule has 10 rings (SSSR count). The lowest BCUT2D eigenvalue weighted by atomic mass is 9.64. The molecule has 0 aliphatic heterocycles. The van der Waals surface area contributed by atoms with Gasteiger partial charge in [0.15, 0.2) is 11.6 Å². The second-order valence-electron chi connectivity index (χ2n) is 16.5. The molecule has 0 saturated heterocycles. The van der Waals surface area contributed by atoms with E-state index in [-0.39, 0.29) is 10.8 Å². The van der Waals surface area contributed by atoms with Gasteiger partial charge in [-0.2, -0.15) is 0 Å². The first-order chi connectivity index (χ1) is 25.0. The van der Waals surface area contributed by atoms with E-state index in [1.807, 2.05) is 0 Å². The molecular formula is C48H47N3. The molecule has 3 aromatic carbocycles. The van der Waals surface area contributed by atoms with Gasteiger partial charge in [0, 0.05) is 16.9 Å². The van der Waals surface area contributed by atoms with Crippen molar-refractivity contribution in [3.8, 4) is 22.5 Å². The van der Waals surface area contributed by atoms with E-state index >= 15 is 0 Å². The fourth-order valence-electron chi connectivity index (χ4n) is 10.5. The highest BCUT2D eigenvalue weighted by molar-refractivity contribution is 5.93. The summed E-state index contributed by atoms with van der Waals surface area (Å²) in [4.78, 5) is 15.2. The average Bonchev–Trinajstić information content (AvgIpc) is 3.58. The largest absolute Gasteiger partial charge is 0.213 e. The van der Waals surface area contributed by atoms with E-state index in [4.69, 9.17) is 15.0 Å². The Hall–Kier alpha value is -4.63. The molecule has 1 aromatic heterocycles. The zero-order valence-corrected chi connectivity index (χ0v) is 30.1. The molecule has 2 unspecified atom stereocenters. The maximum atomic E-state index is 5.10. The third-order valence-electron chi connectivity index (χ3n) is 13.4. The minimum Gasteiger partial charge on any atom is -0.213 e. The predicted octanol–water partition coefficient (Wildman–Crippen LogP) is 12.1. The Morgan fingerprint density at radius 3 is 2.31 bits per heavy atom. The number of allylic oxidation sites excluding steroid dienone is 10. The van der Waals surface area contributed by atoms with Gasteiger partial charge in [-0.15, -0.1) is 0 Å². The monoisotopic (exact) mass is 665 g/mol. The van der Waals surface area contributed by atoms with Gasteiger partial charge in [-0.05, 0) is 124 Å². The van der Waals surface area contributed by atoms with Crippen molar-refractivity contribution < 1.29 is 0 Å². The Bertz CT molecular complexity index is 2220. The van der Waals surface area contributed by atoms with Crippen LogP contribution in [0.2, 0.25) is 0 Å². The van der Waals surface area contributed by atoms with E-state index in [1.54, 1.807) is 22.3 Å². The molecule has 6 aliphatic rings. The topological polar surface area (TPSA) is 38.7 Å². The van der Waals surface area contributed by atoms with Crippen LogP contribution in [-0.4, -0.2) is 15.0 Å². The number of hydrogen-bond acceptors (Lipinski definition) is 3. The van der Waals surface area contributed by atoms with Crippen molar-refractivity contribution in [3.63, 3.8) is 0 Å². The second-order valence-corrected chi connectivity index (χ2v) is 16.5. The third kappa shape index (κ3) is 4.94. The van der Waals surface area contributed by atoms with Crippen molar-refractivity contribution in [2.45, 2.75) is 101 Å². The van der Waals surface area contributed by atoms with Crippen molar-refractivity contribution in [1.82, 2.24) is 15.0 Å². The van der Waals surface area contributed by atoms with Crippen LogP contribution in [0.3, 0.4) is 0 Å². The SMILES string of the molecule is CC1(C)c2ccc(-c3ccc(-c4nc(C5=CC=CCC5)nc(C5CC=CCC5)n4)cc3)cc2C2=CC3=C(CC21)c1ccccc1C31CCCCC1. The summed E-state index contributed by atoms with van der Waals surface area (Å²) in [6.45, 7) is 4.96. The Morgan fingerprint density at radius 2 is 1.51 bits per heavy atom. The maximum absolute atomic E-state index is 5.10. The quantitative estimate of drug-likeness (QED) is 0.204. The lowest BCUT2D eigenvalue weighted by molar-refractivity contribution is 0.348. The molecule has 3 heteroatoms. The van der Waals surface area contributed by atoms with E-state index < -0.39 is 0 Å². The summed E-state index contributed by atoms with van der Waals surface area (Å²) in [5.74, 6) is 3.41. The molecule has 0 N–H and O–H groups in total. The molecule has 51 heavy (non-hydrogen) atoms. The Morgan fingerprint density at radius 1 is 0.706 bits per heavy atom. The van der Waals surface area contributed by atoms with E-state index in [0.717, 1.165) is 61.6 Å². The van der Waals surface area contributed by atoms with Crippen molar-refractivity contribution in [2.75, 3.05) is 0 Å². The van der Waals surface area contributed by atoms with Gasteiger partial charge in [-0.25, -0.2) is 15.0 Å². The van der Waals surface area contributed by atoms with Gasteiger partial charge in [0.25, 0.3) is 0 Å². The number of benzene rings is 3. The lowest BCUT2D eigenvalue weighted by Gasteiger charge is -2.39. The first-order valence-corrected chi connectivity index (χ1v) is 19.6. The van der Waals surface area contributed by atoms with Crippen LogP contribution in [-0.2, 0) is 10.8 Å². The summed E-state index contributed by atoms with van der Waals surface area (Å²) in [5.41, 5.74) is 16.0. The normalized spacial score (nSPS) is 23.7. The van der Waals surface area contributed by atoms with Crippen LogP contribution in [0.1, 0.15) is 124 Å². The number of nitrogens with zero attached hydrogens (tertiary/aromatic N) is 3. The highest BCUT2D eigenvalue weighted by Gasteiger charge is 2.51. The maximum Gasteiger partial charge on any atom is 0.163 e. The molecule has 1 spiro atoms. The van der Waals surface area contributed by atoms with Crippen LogP contribution >= 0.6 is 0 Å². The van der Waals surface area contributed by atoms with Gasteiger partial charge >= 0.3 is 0 Å². The predicted molar refractivity (Wildman–Crippen MR) is 210 cm³/mol. The van der Waals surface area contributed by atoms with Crippen molar-refractivity contribution in [3.05, 3.63) is 143 Å². The average molecular weight is 666 g/mol. The molecule has 3 nitrogen and oxygen atoms in total. The molecule has 4 aromatic rings. The van der Waals surface area contributed by atoms with Crippen molar-refractivity contribution >= 4 is 16.7 Å². The van der Waals surface area contributed by atoms with E-state index in [0.29, 0.717) is 11.8 Å². The molecule has 254 valence electrons. The van der Waals surface area contributed by atoms with Gasteiger partial charge in [-0.1, -0.05) is 130 Å². The zero-order valence-electron chi connectivity index (χ0n) is 30.1. The number of hydrogen-bond donors (Lipinski definition) is 0. The third-order valence-corrected chi connectivity index (χ3v) is 13.4. The molecule has 0 bridgehead atoms. The minimum atomic E-state index is 0.0884. The van der Waals surface area contributed by atoms with Crippen LogP contribution < -0.4 is 0 Å². The highest BCUT2D eigenvalue weighted by atomic mass is 15.0. The first kappa shape index (κ1) is 31.1. The van der Waals surface area contributed by atoms with Crippen LogP contribution in [0, 0.1) is 5.92 Å². The van der Waals surface area contributed by atoms with Gasteiger partial charge in [0.2, 0.25) is 0 Å². The van der Waals surface area contributed by atoms with Crippen molar-refractivity contribution in [1.29, 1.82) is 0 Å². The van der Waals surface area contributed by atoms with E-state index in [9.17, 15) is 0 Å². The van der Waals surface area contributed by atoms with Gasteiger partial charge < -0.3 is 0 Å². The standard InChI is InChI=1S/C48H47N3/c1-47(2)40-25-24-35(28-37(40)39-30-43-38(29-42(39)47)36-18-10-11-19-41(36)48(43)26-12-5-13-27-48)31-20-22-34(23-21-31)46-50-44(32-14-6-3-7-15-32)49-45(51-46)33-16-8-4-9-17-33/h3-4,6,8,10-11,14,18-25,28,30,33,42H,5,7,9,12-13,15-17,26-27,29H2,1-2H3. The second kappa shape index (κ2) is 12.0. The summed E-state index contributed by atoms with van der Waals surface area (Å²) in [7, 11) is 0. The number of aromatic nitrogens is 3. The molecule has 6 aliphatic carbocycles. The molecule has 0 amide bonds. The van der Waals surface area contributed by atoms with E-state index in [1.165, 1.54) is 65.5 Å². The van der Waals surface area contributed by atoms with Crippen LogP contribution in [0.4, 0.5) is 0 Å². The molecule has 0 radical (unpaired) electrons. The summed E-state index contributed by atoms with van der Waals surface area (Å²) in [6.07, 6.45) is 26.7.